The summed E-state index contributed by atoms with van der Waals surface area (Å²) in [5.41, 5.74) is 3.11. The lowest BCUT2D eigenvalue weighted by atomic mass is 10.1. The van der Waals surface area contributed by atoms with Crippen molar-refractivity contribution in [2.75, 3.05) is 13.2 Å². The number of rotatable bonds is 2. The van der Waals surface area contributed by atoms with E-state index in [0.29, 0.717) is 12.2 Å². The molecule has 1 heterocycles. The molecule has 0 fully saturated rings. The fourth-order valence-electron chi connectivity index (χ4n) is 2.51. The van der Waals surface area contributed by atoms with Gasteiger partial charge in [-0.15, -0.1) is 0 Å². The summed E-state index contributed by atoms with van der Waals surface area (Å²) in [7, 11) is 0. The van der Waals surface area contributed by atoms with Gasteiger partial charge in [-0.1, -0.05) is 30.3 Å². The van der Waals surface area contributed by atoms with Gasteiger partial charge >= 0.3 is 0 Å². The van der Waals surface area contributed by atoms with E-state index in [4.69, 9.17) is 10.00 Å². The maximum atomic E-state index is 8.96. The van der Waals surface area contributed by atoms with E-state index in [2.05, 4.69) is 23.1 Å². The van der Waals surface area contributed by atoms with Crippen molar-refractivity contribution in [2.24, 2.45) is 0 Å². The lowest BCUT2D eigenvalue weighted by Crippen LogP contribution is -2.25. The highest BCUT2D eigenvalue weighted by Crippen LogP contribution is 2.23. The maximum absolute atomic E-state index is 8.96. The van der Waals surface area contributed by atoms with E-state index in [1.54, 1.807) is 0 Å². The molecular weight excluding hydrogens is 248 g/mol. The highest BCUT2D eigenvalue weighted by Gasteiger charge is 2.14. The Bertz CT molecular complexity index is 645. The van der Waals surface area contributed by atoms with Crippen LogP contribution in [-0.4, -0.2) is 18.1 Å². The van der Waals surface area contributed by atoms with E-state index in [0.717, 1.165) is 25.4 Å². The number of hydrogen-bond acceptors (Lipinski definition) is 3. The molecule has 0 spiro atoms. The molecule has 0 amide bonds. The van der Waals surface area contributed by atoms with E-state index in [-0.39, 0.29) is 0 Å². The number of benzene rings is 2. The van der Waals surface area contributed by atoms with Crippen LogP contribution in [0.1, 0.15) is 16.7 Å². The van der Waals surface area contributed by atoms with Gasteiger partial charge in [-0.2, -0.15) is 5.26 Å². The Morgan fingerprint density at radius 2 is 2.05 bits per heavy atom. The molecule has 2 aromatic carbocycles. The van der Waals surface area contributed by atoms with Crippen LogP contribution in [0.25, 0.3) is 0 Å². The quantitative estimate of drug-likeness (QED) is 0.836. The van der Waals surface area contributed by atoms with Gasteiger partial charge in [-0.3, -0.25) is 4.90 Å². The van der Waals surface area contributed by atoms with Crippen LogP contribution >= 0.6 is 0 Å². The summed E-state index contributed by atoms with van der Waals surface area (Å²) in [6.45, 7) is 3.32. The Balaban J connectivity index is 1.77. The number of para-hydroxylation sites is 1. The second-order valence-corrected chi connectivity index (χ2v) is 4.98. The third-order valence-corrected chi connectivity index (χ3v) is 3.49. The minimum absolute atomic E-state index is 0.703. The Morgan fingerprint density at radius 3 is 2.95 bits per heavy atom. The molecule has 3 heteroatoms. The second kappa shape index (κ2) is 5.77. The number of nitrogens with zero attached hydrogens (tertiary/aromatic N) is 2. The molecule has 0 aromatic heterocycles. The molecule has 0 saturated carbocycles. The van der Waals surface area contributed by atoms with Gasteiger partial charge in [0.1, 0.15) is 12.4 Å². The van der Waals surface area contributed by atoms with Gasteiger partial charge in [0.2, 0.25) is 0 Å². The van der Waals surface area contributed by atoms with E-state index in [9.17, 15) is 0 Å². The zero-order valence-corrected chi connectivity index (χ0v) is 11.2. The van der Waals surface area contributed by atoms with E-state index >= 15 is 0 Å². The molecule has 1 aliphatic heterocycles. The standard InChI is InChI=1S/C17H16N2O/c18-11-14-4-3-5-15(10-14)12-19-8-9-20-17-7-2-1-6-16(17)13-19/h1-7,10H,8-9,12-13H2. The normalized spacial score (nSPS) is 14.8. The first-order chi connectivity index (χ1) is 9.85. The van der Waals surface area contributed by atoms with Gasteiger partial charge < -0.3 is 4.74 Å². The molecule has 2 aromatic rings. The third kappa shape index (κ3) is 2.81. The summed E-state index contributed by atoms with van der Waals surface area (Å²) in [4.78, 5) is 2.35. The first kappa shape index (κ1) is 12.7. The van der Waals surface area contributed by atoms with E-state index in [1.165, 1.54) is 11.1 Å². The first-order valence-corrected chi connectivity index (χ1v) is 6.77. The molecule has 3 nitrogen and oxygen atoms in total. The molecule has 0 radical (unpaired) electrons. The molecule has 0 aliphatic carbocycles. The van der Waals surface area contributed by atoms with Gasteiger partial charge in [0.15, 0.2) is 0 Å². The van der Waals surface area contributed by atoms with Crippen molar-refractivity contribution in [1.29, 1.82) is 5.26 Å². The monoisotopic (exact) mass is 264 g/mol. The van der Waals surface area contributed by atoms with Crippen molar-refractivity contribution < 1.29 is 4.74 Å². The summed E-state index contributed by atoms with van der Waals surface area (Å²) < 4.78 is 5.77. The fourth-order valence-corrected chi connectivity index (χ4v) is 2.51. The Labute approximate surface area is 119 Å². The van der Waals surface area contributed by atoms with Crippen molar-refractivity contribution in [2.45, 2.75) is 13.1 Å². The topological polar surface area (TPSA) is 36.3 Å². The SMILES string of the molecule is N#Cc1cccc(CN2CCOc3ccccc3C2)c1. The van der Waals surface area contributed by atoms with Crippen molar-refractivity contribution in [1.82, 2.24) is 4.90 Å². The van der Waals surface area contributed by atoms with Crippen LogP contribution in [0.3, 0.4) is 0 Å². The summed E-state index contributed by atoms with van der Waals surface area (Å²) in [5, 5.41) is 8.96. The zero-order valence-electron chi connectivity index (χ0n) is 11.2. The maximum Gasteiger partial charge on any atom is 0.123 e. The minimum atomic E-state index is 0.703. The van der Waals surface area contributed by atoms with Gasteiger partial charge in [0.25, 0.3) is 0 Å². The summed E-state index contributed by atoms with van der Waals surface area (Å²) in [6.07, 6.45) is 0. The molecule has 0 atom stereocenters. The largest absolute Gasteiger partial charge is 0.492 e. The fraction of sp³-hybridized carbons (Fsp3) is 0.235. The summed E-state index contributed by atoms with van der Waals surface area (Å²) in [5.74, 6) is 0.987. The van der Waals surface area contributed by atoms with Gasteiger partial charge in [0.05, 0.1) is 11.6 Å². The van der Waals surface area contributed by atoms with E-state index in [1.807, 2.05) is 36.4 Å². The van der Waals surface area contributed by atoms with Crippen LogP contribution in [0, 0.1) is 11.3 Å². The average Bonchev–Trinajstić information content (AvgIpc) is 2.69. The summed E-state index contributed by atoms with van der Waals surface area (Å²) in [6, 6.07) is 18.2. The van der Waals surface area contributed by atoms with Gasteiger partial charge in [-0.05, 0) is 23.8 Å². The highest BCUT2D eigenvalue weighted by atomic mass is 16.5. The van der Waals surface area contributed by atoms with Gasteiger partial charge in [-0.25, -0.2) is 0 Å². The molecule has 0 bridgehead atoms. The number of nitriles is 1. The Kier molecular flexibility index (Phi) is 3.67. The number of fused-ring (bicyclic) bond motifs is 1. The molecule has 0 N–H and O–H groups in total. The van der Waals surface area contributed by atoms with Crippen LogP contribution < -0.4 is 4.74 Å². The Hall–Kier alpha value is -2.31. The lowest BCUT2D eigenvalue weighted by Gasteiger charge is -2.19. The molecule has 0 saturated heterocycles. The minimum Gasteiger partial charge on any atom is -0.492 e. The predicted molar refractivity (Wildman–Crippen MR) is 77.2 cm³/mol. The third-order valence-electron chi connectivity index (χ3n) is 3.49. The zero-order chi connectivity index (χ0) is 13.8. The number of ether oxygens (including phenoxy) is 1. The van der Waals surface area contributed by atoms with Crippen LogP contribution in [0.2, 0.25) is 0 Å². The first-order valence-electron chi connectivity index (χ1n) is 6.77. The van der Waals surface area contributed by atoms with Crippen LogP contribution in [0.4, 0.5) is 0 Å². The second-order valence-electron chi connectivity index (χ2n) is 4.98. The highest BCUT2D eigenvalue weighted by molar-refractivity contribution is 5.35. The van der Waals surface area contributed by atoms with Crippen LogP contribution in [0.15, 0.2) is 48.5 Å². The molecule has 1 aliphatic rings. The molecule has 100 valence electrons. The smallest absolute Gasteiger partial charge is 0.123 e. The van der Waals surface area contributed by atoms with E-state index < -0.39 is 0 Å². The van der Waals surface area contributed by atoms with Crippen molar-refractivity contribution in [3.63, 3.8) is 0 Å². The van der Waals surface area contributed by atoms with Crippen molar-refractivity contribution >= 4 is 0 Å². The molecule has 3 rings (SSSR count). The average molecular weight is 264 g/mol. The molecule has 0 unspecified atom stereocenters. The molecular formula is C17H16N2O. The predicted octanol–water partition coefficient (Wildman–Crippen LogP) is 2.95. The van der Waals surface area contributed by atoms with Crippen LogP contribution in [-0.2, 0) is 13.1 Å². The molecule has 20 heavy (non-hydrogen) atoms. The lowest BCUT2D eigenvalue weighted by molar-refractivity contribution is 0.219. The van der Waals surface area contributed by atoms with Gasteiger partial charge in [0, 0.05) is 25.2 Å². The summed E-state index contributed by atoms with van der Waals surface area (Å²) >= 11 is 0. The van der Waals surface area contributed by atoms with Crippen molar-refractivity contribution in [3.05, 3.63) is 65.2 Å². The van der Waals surface area contributed by atoms with Crippen molar-refractivity contribution in [3.8, 4) is 11.8 Å². The number of hydrogen-bond donors (Lipinski definition) is 0. The Morgan fingerprint density at radius 1 is 1.15 bits per heavy atom. The van der Waals surface area contributed by atoms with Crippen LogP contribution in [0.5, 0.6) is 5.75 Å².